The first-order valence-corrected chi connectivity index (χ1v) is 9.47. The van der Waals surface area contributed by atoms with Crippen molar-refractivity contribution in [2.24, 2.45) is 0 Å². The SMILES string of the molecule is Cc1cc(CN2Cc3ccnn3C(CC(=O)N3CC(F)(F)C3)C2)no1.O=C(O)C(F)(F)F. The lowest BCUT2D eigenvalue weighted by Crippen LogP contribution is -2.58. The summed E-state index contributed by atoms with van der Waals surface area (Å²) >= 11 is 0. The molecule has 0 radical (unpaired) electrons. The first kappa shape index (κ1) is 23.6. The van der Waals surface area contributed by atoms with E-state index in [4.69, 9.17) is 14.4 Å². The highest BCUT2D eigenvalue weighted by Gasteiger charge is 2.46. The Hall–Kier alpha value is -3.03. The molecule has 0 aromatic carbocycles. The molecule has 4 heterocycles. The van der Waals surface area contributed by atoms with E-state index in [1.807, 2.05) is 23.7 Å². The summed E-state index contributed by atoms with van der Waals surface area (Å²) in [7, 11) is 0. The Bertz CT molecular complexity index is 965. The van der Waals surface area contributed by atoms with Crippen molar-refractivity contribution in [3.63, 3.8) is 0 Å². The second kappa shape index (κ2) is 8.84. The fraction of sp³-hybridized carbons (Fsp3) is 0.556. The van der Waals surface area contributed by atoms with E-state index in [0.717, 1.165) is 17.1 Å². The van der Waals surface area contributed by atoms with Gasteiger partial charge in [0.2, 0.25) is 5.91 Å². The van der Waals surface area contributed by atoms with Gasteiger partial charge in [-0.25, -0.2) is 13.6 Å². The summed E-state index contributed by atoms with van der Waals surface area (Å²) in [5.74, 6) is -5.00. The Labute approximate surface area is 178 Å². The van der Waals surface area contributed by atoms with Crippen LogP contribution in [0.15, 0.2) is 22.9 Å². The first-order chi connectivity index (χ1) is 14.8. The van der Waals surface area contributed by atoms with Gasteiger partial charge in [-0.1, -0.05) is 5.16 Å². The summed E-state index contributed by atoms with van der Waals surface area (Å²) in [6, 6.07) is 3.62. The summed E-state index contributed by atoms with van der Waals surface area (Å²) < 4.78 is 64.6. The highest BCUT2D eigenvalue weighted by molar-refractivity contribution is 5.77. The topological polar surface area (TPSA) is 105 Å². The molecule has 9 nitrogen and oxygen atoms in total. The summed E-state index contributed by atoms with van der Waals surface area (Å²) in [5, 5.41) is 15.4. The van der Waals surface area contributed by atoms with E-state index in [9.17, 15) is 26.7 Å². The predicted octanol–water partition coefficient (Wildman–Crippen LogP) is 2.24. The van der Waals surface area contributed by atoms with Gasteiger partial charge in [0, 0.05) is 31.9 Å². The van der Waals surface area contributed by atoms with Gasteiger partial charge in [0.1, 0.15) is 5.76 Å². The number of carboxylic acid groups (broad SMARTS) is 1. The van der Waals surface area contributed by atoms with E-state index in [2.05, 4.69) is 15.2 Å². The maximum atomic E-state index is 13.0. The van der Waals surface area contributed by atoms with E-state index in [-0.39, 0.29) is 18.4 Å². The molecule has 1 amide bonds. The van der Waals surface area contributed by atoms with Gasteiger partial charge in [0.05, 0.1) is 36.9 Å². The number of carboxylic acids is 1. The van der Waals surface area contributed by atoms with Gasteiger partial charge in [0.25, 0.3) is 5.92 Å². The number of alkyl halides is 5. The zero-order chi connectivity index (χ0) is 23.7. The van der Waals surface area contributed by atoms with Gasteiger partial charge in [0.15, 0.2) is 0 Å². The molecule has 4 rings (SSSR count). The van der Waals surface area contributed by atoms with E-state index < -0.39 is 31.2 Å². The molecular weight excluding hydrogens is 445 g/mol. The largest absolute Gasteiger partial charge is 0.490 e. The summed E-state index contributed by atoms with van der Waals surface area (Å²) in [6.45, 7) is 2.79. The Morgan fingerprint density at radius 2 is 1.97 bits per heavy atom. The van der Waals surface area contributed by atoms with Crippen LogP contribution in [0, 0.1) is 6.92 Å². The van der Waals surface area contributed by atoms with Crippen LogP contribution in [-0.4, -0.2) is 73.5 Å². The number of fused-ring (bicyclic) bond motifs is 1. The quantitative estimate of drug-likeness (QED) is 0.691. The maximum absolute atomic E-state index is 13.0. The van der Waals surface area contributed by atoms with Crippen LogP contribution in [0.2, 0.25) is 0 Å². The van der Waals surface area contributed by atoms with Crippen molar-refractivity contribution in [3.8, 4) is 0 Å². The molecule has 1 saturated heterocycles. The number of amides is 1. The summed E-state index contributed by atoms with van der Waals surface area (Å²) in [5.41, 5.74) is 1.83. The molecule has 1 unspecified atom stereocenters. The molecule has 176 valence electrons. The molecule has 1 atom stereocenters. The molecule has 1 fully saturated rings. The van der Waals surface area contributed by atoms with Crippen LogP contribution in [0.5, 0.6) is 0 Å². The Kier molecular flexibility index (Phi) is 6.53. The van der Waals surface area contributed by atoms with Gasteiger partial charge in [-0.05, 0) is 13.0 Å². The number of hydrogen-bond acceptors (Lipinski definition) is 6. The van der Waals surface area contributed by atoms with Crippen LogP contribution < -0.4 is 0 Å². The number of carbonyl (C=O) groups excluding carboxylic acids is 1. The first-order valence-electron chi connectivity index (χ1n) is 9.47. The minimum absolute atomic E-state index is 0.166. The van der Waals surface area contributed by atoms with E-state index >= 15 is 0 Å². The number of likely N-dealkylation sites (tertiary alicyclic amines) is 1. The average Bonchev–Trinajstić information content (AvgIpc) is 3.28. The van der Waals surface area contributed by atoms with Crippen molar-refractivity contribution in [3.05, 3.63) is 35.5 Å². The van der Waals surface area contributed by atoms with Crippen LogP contribution in [0.3, 0.4) is 0 Å². The van der Waals surface area contributed by atoms with E-state index in [1.54, 1.807) is 6.20 Å². The molecule has 2 aliphatic heterocycles. The van der Waals surface area contributed by atoms with Crippen LogP contribution in [0.4, 0.5) is 22.0 Å². The van der Waals surface area contributed by atoms with Crippen molar-refractivity contribution in [2.75, 3.05) is 19.6 Å². The fourth-order valence-electron chi connectivity index (χ4n) is 3.48. The van der Waals surface area contributed by atoms with Crippen LogP contribution in [0.25, 0.3) is 0 Å². The van der Waals surface area contributed by atoms with Crippen molar-refractivity contribution < 1.29 is 41.2 Å². The number of aliphatic carboxylic acids is 1. The van der Waals surface area contributed by atoms with Crippen LogP contribution >= 0.6 is 0 Å². The number of aryl methyl sites for hydroxylation is 1. The zero-order valence-corrected chi connectivity index (χ0v) is 16.8. The normalized spacial score (nSPS) is 20.1. The predicted molar refractivity (Wildman–Crippen MR) is 96.5 cm³/mol. The molecule has 2 aromatic heterocycles. The molecule has 2 aliphatic rings. The Morgan fingerprint density at radius 3 is 2.50 bits per heavy atom. The lowest BCUT2D eigenvalue weighted by atomic mass is 10.1. The maximum Gasteiger partial charge on any atom is 0.490 e. The Morgan fingerprint density at radius 1 is 1.31 bits per heavy atom. The molecule has 2 aromatic rings. The lowest BCUT2D eigenvalue weighted by Gasteiger charge is -2.40. The molecule has 32 heavy (non-hydrogen) atoms. The van der Waals surface area contributed by atoms with Gasteiger partial charge in [-0.2, -0.15) is 18.3 Å². The fourth-order valence-corrected chi connectivity index (χ4v) is 3.48. The molecule has 0 aliphatic carbocycles. The summed E-state index contributed by atoms with van der Waals surface area (Å²) in [4.78, 5) is 24.6. The van der Waals surface area contributed by atoms with Crippen molar-refractivity contribution >= 4 is 11.9 Å². The standard InChI is InChI=1S/C16H19F2N5O2.C2HF3O2/c1-11-4-12(20-25-11)6-21-7-13-2-3-19-23(13)14(8-21)5-15(24)22-9-16(17,18)10-22;3-2(4,5)1(6)7/h2-4,14H,5-10H2,1H3;(H,6,7). The third-order valence-electron chi connectivity index (χ3n) is 4.86. The number of rotatable bonds is 4. The average molecular weight is 465 g/mol. The molecular formula is C18H20F5N5O4. The second-order valence-electron chi connectivity index (χ2n) is 7.63. The van der Waals surface area contributed by atoms with Gasteiger partial charge >= 0.3 is 12.1 Å². The summed E-state index contributed by atoms with van der Waals surface area (Å²) in [6.07, 6.45) is -3.21. The van der Waals surface area contributed by atoms with Crippen LogP contribution in [-0.2, 0) is 22.7 Å². The van der Waals surface area contributed by atoms with Gasteiger partial charge in [-0.3, -0.25) is 14.4 Å². The highest BCUT2D eigenvalue weighted by Crippen LogP contribution is 2.30. The number of aromatic nitrogens is 3. The monoisotopic (exact) mass is 465 g/mol. The number of nitrogens with zero attached hydrogens (tertiary/aromatic N) is 5. The van der Waals surface area contributed by atoms with E-state index in [1.165, 1.54) is 4.90 Å². The minimum Gasteiger partial charge on any atom is -0.475 e. The molecule has 0 spiro atoms. The molecule has 0 saturated carbocycles. The van der Waals surface area contributed by atoms with Crippen molar-refractivity contribution in [2.45, 2.75) is 44.6 Å². The molecule has 0 bridgehead atoms. The molecule has 14 heteroatoms. The van der Waals surface area contributed by atoms with Crippen molar-refractivity contribution in [1.82, 2.24) is 24.7 Å². The minimum atomic E-state index is -5.08. The lowest BCUT2D eigenvalue weighted by molar-refractivity contribution is -0.192. The third-order valence-corrected chi connectivity index (χ3v) is 4.86. The van der Waals surface area contributed by atoms with Crippen molar-refractivity contribution in [1.29, 1.82) is 0 Å². The molecule has 1 N–H and O–H groups in total. The Balaban J connectivity index is 0.000000360. The number of hydrogen-bond donors (Lipinski definition) is 1. The zero-order valence-electron chi connectivity index (χ0n) is 16.8. The smallest absolute Gasteiger partial charge is 0.475 e. The third kappa shape index (κ3) is 5.81. The van der Waals surface area contributed by atoms with E-state index in [0.29, 0.717) is 19.6 Å². The van der Waals surface area contributed by atoms with Gasteiger partial charge in [-0.15, -0.1) is 0 Å². The number of halogens is 5. The van der Waals surface area contributed by atoms with Gasteiger partial charge < -0.3 is 14.5 Å². The highest BCUT2D eigenvalue weighted by atomic mass is 19.4. The number of carbonyl (C=O) groups is 2. The second-order valence-corrected chi connectivity index (χ2v) is 7.63. The van der Waals surface area contributed by atoms with Crippen LogP contribution in [0.1, 0.15) is 29.6 Å².